The molecule has 5 nitrogen and oxygen atoms in total. The van der Waals surface area contributed by atoms with Gasteiger partial charge in [0.1, 0.15) is 6.33 Å². The highest BCUT2D eigenvalue weighted by Gasteiger charge is 2.08. The Balaban J connectivity index is 2.12. The van der Waals surface area contributed by atoms with Crippen molar-refractivity contribution in [3.63, 3.8) is 0 Å². The largest absolute Gasteiger partial charge is 0.490 e. The van der Waals surface area contributed by atoms with Gasteiger partial charge in [-0.3, -0.25) is 0 Å². The molecule has 1 aromatic carbocycles. The number of aromatic nitrogens is 2. The van der Waals surface area contributed by atoms with Gasteiger partial charge in [0.15, 0.2) is 11.6 Å². The molecular weight excluding hydrogens is 216 g/mol. The van der Waals surface area contributed by atoms with E-state index >= 15 is 0 Å². The van der Waals surface area contributed by atoms with Gasteiger partial charge in [0.25, 0.3) is 0 Å². The van der Waals surface area contributed by atoms with Crippen molar-refractivity contribution in [3.05, 3.63) is 42.2 Å². The van der Waals surface area contributed by atoms with Crippen LogP contribution < -0.4 is 15.8 Å². The maximum Gasteiger partial charge on any atom is 0.203 e. The number of hydrogen-bond acceptors (Lipinski definition) is 5. The van der Waals surface area contributed by atoms with Crippen LogP contribution in [0.4, 0.5) is 11.6 Å². The number of methoxy groups -OCH3 is 1. The first-order valence-corrected chi connectivity index (χ1v) is 5.23. The zero-order valence-corrected chi connectivity index (χ0v) is 9.55. The summed E-state index contributed by atoms with van der Waals surface area (Å²) in [5, 5.41) is 3.17. The Bertz CT molecular complexity index is 487. The fraction of sp³-hybridized carbons (Fsp3) is 0.167. The van der Waals surface area contributed by atoms with Gasteiger partial charge in [-0.15, -0.1) is 0 Å². The van der Waals surface area contributed by atoms with Crippen molar-refractivity contribution in [3.8, 4) is 5.75 Å². The summed E-state index contributed by atoms with van der Waals surface area (Å²) in [5.41, 5.74) is 6.84. The molecule has 2 aromatic rings. The van der Waals surface area contributed by atoms with Gasteiger partial charge in [-0.05, 0) is 5.56 Å². The number of rotatable bonds is 4. The number of nitrogens with one attached hydrogen (secondary N) is 1. The van der Waals surface area contributed by atoms with E-state index in [9.17, 15) is 0 Å². The Kier molecular flexibility index (Phi) is 3.40. The zero-order chi connectivity index (χ0) is 12.1. The van der Waals surface area contributed by atoms with Gasteiger partial charge in [0.05, 0.1) is 7.11 Å². The molecule has 0 bridgehead atoms. The molecule has 0 atom stereocenters. The summed E-state index contributed by atoms with van der Waals surface area (Å²) in [6, 6.07) is 10.0. The van der Waals surface area contributed by atoms with Crippen LogP contribution in [0.15, 0.2) is 36.7 Å². The monoisotopic (exact) mass is 230 g/mol. The molecule has 0 saturated heterocycles. The van der Waals surface area contributed by atoms with Crippen LogP contribution >= 0.6 is 0 Å². The highest BCUT2D eigenvalue weighted by atomic mass is 16.5. The summed E-state index contributed by atoms with van der Waals surface area (Å²) < 4.78 is 5.15. The molecule has 1 aromatic heterocycles. The van der Waals surface area contributed by atoms with Crippen LogP contribution in [0.1, 0.15) is 5.56 Å². The lowest BCUT2D eigenvalue weighted by Gasteiger charge is -2.10. The predicted octanol–water partition coefficient (Wildman–Crippen LogP) is 1.68. The van der Waals surface area contributed by atoms with E-state index in [0.29, 0.717) is 23.9 Å². The molecule has 0 aliphatic carbocycles. The molecule has 0 amide bonds. The molecule has 0 radical (unpaired) electrons. The average molecular weight is 230 g/mol. The van der Waals surface area contributed by atoms with Gasteiger partial charge in [-0.25, -0.2) is 9.97 Å². The van der Waals surface area contributed by atoms with Crippen molar-refractivity contribution in [1.82, 2.24) is 9.97 Å². The molecule has 0 aliphatic heterocycles. The standard InChI is InChI=1S/C12H14N4O/c1-17-10-11(13)15-8-16-12(10)14-7-9-5-3-2-4-6-9/h2-6,8H,7H2,1H3,(H3,13,14,15,16). The van der Waals surface area contributed by atoms with Crippen LogP contribution in [0.5, 0.6) is 5.75 Å². The van der Waals surface area contributed by atoms with Crippen LogP contribution in [-0.2, 0) is 6.54 Å². The van der Waals surface area contributed by atoms with E-state index < -0.39 is 0 Å². The van der Waals surface area contributed by atoms with E-state index in [1.807, 2.05) is 30.3 Å². The summed E-state index contributed by atoms with van der Waals surface area (Å²) in [4.78, 5) is 7.97. The lowest BCUT2D eigenvalue weighted by Crippen LogP contribution is -2.06. The zero-order valence-electron chi connectivity index (χ0n) is 9.55. The summed E-state index contributed by atoms with van der Waals surface area (Å²) in [6.45, 7) is 0.660. The first kappa shape index (κ1) is 11.2. The van der Waals surface area contributed by atoms with Gasteiger partial charge >= 0.3 is 0 Å². The van der Waals surface area contributed by atoms with Crippen LogP contribution in [0.25, 0.3) is 0 Å². The average Bonchev–Trinajstić information content (AvgIpc) is 2.37. The number of nitrogens with zero attached hydrogens (tertiary/aromatic N) is 2. The van der Waals surface area contributed by atoms with E-state index in [1.165, 1.54) is 6.33 Å². The first-order chi connectivity index (χ1) is 8.31. The Labute approximate surface area is 99.7 Å². The normalized spacial score (nSPS) is 9.94. The lowest BCUT2D eigenvalue weighted by atomic mass is 10.2. The van der Waals surface area contributed by atoms with Gasteiger partial charge in [0, 0.05) is 6.54 Å². The molecule has 17 heavy (non-hydrogen) atoms. The molecule has 0 spiro atoms. The maximum atomic E-state index is 5.68. The van der Waals surface area contributed by atoms with Gasteiger partial charge in [-0.1, -0.05) is 30.3 Å². The Morgan fingerprint density at radius 2 is 2.00 bits per heavy atom. The van der Waals surface area contributed by atoms with Crippen molar-refractivity contribution < 1.29 is 4.74 Å². The first-order valence-electron chi connectivity index (χ1n) is 5.23. The van der Waals surface area contributed by atoms with Gasteiger partial charge < -0.3 is 15.8 Å². The third kappa shape index (κ3) is 2.63. The summed E-state index contributed by atoms with van der Waals surface area (Å²) in [7, 11) is 1.54. The van der Waals surface area contributed by atoms with E-state index in [1.54, 1.807) is 7.11 Å². The van der Waals surface area contributed by atoms with Crippen molar-refractivity contribution in [2.75, 3.05) is 18.2 Å². The quantitative estimate of drug-likeness (QED) is 0.836. The number of anilines is 2. The fourth-order valence-corrected chi connectivity index (χ4v) is 1.50. The van der Waals surface area contributed by atoms with E-state index in [-0.39, 0.29) is 0 Å². The lowest BCUT2D eigenvalue weighted by molar-refractivity contribution is 0.415. The van der Waals surface area contributed by atoms with Crippen molar-refractivity contribution in [2.45, 2.75) is 6.54 Å². The minimum atomic E-state index is 0.332. The molecule has 0 saturated carbocycles. The molecular formula is C12H14N4O. The molecule has 0 fully saturated rings. The minimum Gasteiger partial charge on any atom is -0.490 e. The van der Waals surface area contributed by atoms with E-state index in [0.717, 1.165) is 5.56 Å². The Hall–Kier alpha value is -2.30. The SMILES string of the molecule is COc1c(N)ncnc1NCc1ccccc1. The molecule has 1 heterocycles. The fourth-order valence-electron chi connectivity index (χ4n) is 1.50. The van der Waals surface area contributed by atoms with E-state index in [2.05, 4.69) is 15.3 Å². The molecule has 5 heteroatoms. The second kappa shape index (κ2) is 5.16. The maximum absolute atomic E-state index is 5.68. The third-order valence-corrected chi connectivity index (χ3v) is 2.34. The van der Waals surface area contributed by atoms with Crippen LogP contribution in [0, 0.1) is 0 Å². The number of benzene rings is 1. The summed E-state index contributed by atoms with van der Waals surface area (Å²) in [6.07, 6.45) is 1.41. The smallest absolute Gasteiger partial charge is 0.203 e. The highest BCUT2D eigenvalue weighted by Crippen LogP contribution is 2.26. The molecule has 88 valence electrons. The van der Waals surface area contributed by atoms with Gasteiger partial charge in [0.2, 0.25) is 5.75 Å². The van der Waals surface area contributed by atoms with Crippen LogP contribution in [0.3, 0.4) is 0 Å². The van der Waals surface area contributed by atoms with Crippen molar-refractivity contribution in [2.24, 2.45) is 0 Å². The Morgan fingerprint density at radius 1 is 1.24 bits per heavy atom. The minimum absolute atomic E-state index is 0.332. The van der Waals surface area contributed by atoms with Crippen molar-refractivity contribution >= 4 is 11.6 Å². The van der Waals surface area contributed by atoms with Crippen LogP contribution in [-0.4, -0.2) is 17.1 Å². The summed E-state index contributed by atoms with van der Waals surface area (Å²) >= 11 is 0. The second-order valence-corrected chi connectivity index (χ2v) is 3.48. The molecule has 3 N–H and O–H groups in total. The number of ether oxygens (including phenoxy) is 1. The molecule has 2 rings (SSSR count). The Morgan fingerprint density at radius 3 is 2.71 bits per heavy atom. The summed E-state index contributed by atoms with van der Waals surface area (Å²) in [5.74, 6) is 1.41. The van der Waals surface area contributed by atoms with Gasteiger partial charge in [-0.2, -0.15) is 0 Å². The van der Waals surface area contributed by atoms with E-state index in [4.69, 9.17) is 10.5 Å². The molecule has 0 aliphatic rings. The second-order valence-electron chi connectivity index (χ2n) is 3.48. The third-order valence-electron chi connectivity index (χ3n) is 2.34. The van der Waals surface area contributed by atoms with Crippen molar-refractivity contribution in [1.29, 1.82) is 0 Å². The number of nitrogen functional groups attached to an aromatic ring is 1. The number of hydrogen-bond donors (Lipinski definition) is 2. The van der Waals surface area contributed by atoms with Crippen LogP contribution in [0.2, 0.25) is 0 Å². The molecule has 0 unspecified atom stereocenters. The highest BCUT2D eigenvalue weighted by molar-refractivity contribution is 5.61. The number of nitrogens with two attached hydrogens (primary N) is 1. The predicted molar refractivity (Wildman–Crippen MR) is 66.8 cm³/mol. The topological polar surface area (TPSA) is 73.1 Å².